The third kappa shape index (κ3) is 4.41. The van der Waals surface area contributed by atoms with Crippen molar-refractivity contribution in [2.45, 2.75) is 39.5 Å². The van der Waals surface area contributed by atoms with Gasteiger partial charge >= 0.3 is 0 Å². The summed E-state index contributed by atoms with van der Waals surface area (Å²) in [6.07, 6.45) is 7.49. The summed E-state index contributed by atoms with van der Waals surface area (Å²) in [5.41, 5.74) is 2.13. The molecular weight excluding hydrogens is 294 g/mol. The summed E-state index contributed by atoms with van der Waals surface area (Å²) < 4.78 is 33.3. The van der Waals surface area contributed by atoms with E-state index in [1.807, 2.05) is 24.3 Å². The van der Waals surface area contributed by atoms with Gasteiger partial charge in [-0.2, -0.15) is 4.39 Å². The van der Waals surface area contributed by atoms with E-state index in [2.05, 4.69) is 6.92 Å². The second-order valence-corrected chi connectivity index (χ2v) is 5.48. The van der Waals surface area contributed by atoms with Crippen LogP contribution in [-0.2, 0) is 6.42 Å². The molecule has 0 radical (unpaired) electrons. The average Bonchev–Trinajstić information content (AvgIpc) is 2.57. The molecule has 1 nitrogen and oxygen atoms in total. The zero-order chi connectivity index (χ0) is 16.7. The van der Waals surface area contributed by atoms with Crippen LogP contribution in [0.25, 0.3) is 11.1 Å². The van der Waals surface area contributed by atoms with Crippen LogP contribution in [0.15, 0.2) is 48.7 Å². The lowest BCUT2D eigenvalue weighted by Gasteiger charge is -2.09. The van der Waals surface area contributed by atoms with Crippen molar-refractivity contribution in [1.29, 1.82) is 0 Å². The van der Waals surface area contributed by atoms with Crippen molar-refractivity contribution in [3.05, 3.63) is 65.9 Å². The van der Waals surface area contributed by atoms with Crippen molar-refractivity contribution in [2.24, 2.45) is 0 Å². The van der Waals surface area contributed by atoms with Gasteiger partial charge in [-0.1, -0.05) is 50.1 Å². The molecule has 0 saturated carbocycles. The zero-order valence-corrected chi connectivity index (χ0v) is 13.6. The Labute approximate surface area is 136 Å². The molecule has 0 aromatic heterocycles. The molecule has 0 N–H and O–H groups in total. The lowest BCUT2D eigenvalue weighted by atomic mass is 10.0. The Kier molecular flexibility index (Phi) is 6.33. The highest BCUT2D eigenvalue weighted by molar-refractivity contribution is 5.65. The molecule has 2 aromatic carbocycles. The normalized spacial score (nSPS) is 11.1. The van der Waals surface area contributed by atoms with Gasteiger partial charge in [0.05, 0.1) is 6.26 Å². The molecule has 0 bridgehead atoms. The van der Waals surface area contributed by atoms with Gasteiger partial charge in [0.25, 0.3) is 0 Å². The lowest BCUT2D eigenvalue weighted by molar-refractivity contribution is 0.415. The summed E-state index contributed by atoms with van der Waals surface area (Å²) in [5.74, 6) is -1.96. The van der Waals surface area contributed by atoms with E-state index in [0.29, 0.717) is 5.56 Å². The second-order valence-electron chi connectivity index (χ2n) is 5.48. The maximum absolute atomic E-state index is 14.2. The van der Waals surface area contributed by atoms with Crippen molar-refractivity contribution in [1.82, 2.24) is 0 Å². The SMILES string of the molecule is CC=COc1ccc(-c2ccc(CCCCC)cc2)c(F)c1F. The summed E-state index contributed by atoms with van der Waals surface area (Å²) in [6.45, 7) is 3.91. The fourth-order valence-electron chi connectivity index (χ4n) is 2.42. The first-order valence-corrected chi connectivity index (χ1v) is 8.02. The van der Waals surface area contributed by atoms with E-state index in [1.165, 1.54) is 30.7 Å². The first-order chi connectivity index (χ1) is 11.2. The molecule has 0 spiro atoms. The van der Waals surface area contributed by atoms with Crippen molar-refractivity contribution in [3.63, 3.8) is 0 Å². The van der Waals surface area contributed by atoms with Gasteiger partial charge in [-0.25, -0.2) is 4.39 Å². The first-order valence-electron chi connectivity index (χ1n) is 8.02. The number of hydrogen-bond donors (Lipinski definition) is 0. The molecule has 2 aromatic rings. The predicted molar refractivity (Wildman–Crippen MR) is 90.5 cm³/mol. The van der Waals surface area contributed by atoms with Crippen LogP contribution in [0.4, 0.5) is 8.78 Å². The van der Waals surface area contributed by atoms with Crippen LogP contribution in [0, 0.1) is 11.6 Å². The van der Waals surface area contributed by atoms with Crippen LogP contribution in [0.3, 0.4) is 0 Å². The van der Waals surface area contributed by atoms with Crippen LogP contribution >= 0.6 is 0 Å². The van der Waals surface area contributed by atoms with Crippen molar-refractivity contribution < 1.29 is 13.5 Å². The maximum atomic E-state index is 14.2. The number of hydrogen-bond acceptors (Lipinski definition) is 1. The summed E-state index contributed by atoms with van der Waals surface area (Å²) >= 11 is 0. The van der Waals surface area contributed by atoms with E-state index >= 15 is 0 Å². The minimum Gasteiger partial charge on any atom is -0.462 e. The average molecular weight is 316 g/mol. The Balaban J connectivity index is 2.19. The van der Waals surface area contributed by atoms with Gasteiger partial charge in [-0.3, -0.25) is 0 Å². The highest BCUT2D eigenvalue weighted by Gasteiger charge is 2.15. The molecule has 0 saturated heterocycles. The molecule has 3 heteroatoms. The van der Waals surface area contributed by atoms with Crippen LogP contribution < -0.4 is 4.74 Å². The molecule has 0 fully saturated rings. The molecule has 0 heterocycles. The number of halogens is 2. The quantitative estimate of drug-likeness (QED) is 0.431. The number of aryl methyl sites for hydroxylation is 1. The third-order valence-corrected chi connectivity index (χ3v) is 3.71. The molecular formula is C20H22F2O. The Hall–Kier alpha value is -2.16. The monoisotopic (exact) mass is 316 g/mol. The molecule has 23 heavy (non-hydrogen) atoms. The Morgan fingerprint density at radius 2 is 1.70 bits per heavy atom. The largest absolute Gasteiger partial charge is 0.462 e. The first kappa shape index (κ1) is 17.2. The summed E-state index contributed by atoms with van der Waals surface area (Å²) in [5, 5.41) is 0. The summed E-state index contributed by atoms with van der Waals surface area (Å²) in [4.78, 5) is 0. The Morgan fingerprint density at radius 1 is 0.957 bits per heavy atom. The molecule has 0 atom stereocenters. The van der Waals surface area contributed by atoms with E-state index in [1.54, 1.807) is 19.1 Å². The summed E-state index contributed by atoms with van der Waals surface area (Å²) in [7, 11) is 0. The fraction of sp³-hybridized carbons (Fsp3) is 0.300. The van der Waals surface area contributed by atoms with Crippen molar-refractivity contribution >= 4 is 0 Å². The van der Waals surface area contributed by atoms with Crippen LogP contribution in [0.5, 0.6) is 5.75 Å². The van der Waals surface area contributed by atoms with Crippen molar-refractivity contribution in [3.8, 4) is 16.9 Å². The number of ether oxygens (including phenoxy) is 1. The highest BCUT2D eigenvalue weighted by Crippen LogP contribution is 2.30. The van der Waals surface area contributed by atoms with E-state index in [4.69, 9.17) is 4.74 Å². The molecule has 0 amide bonds. The highest BCUT2D eigenvalue weighted by atomic mass is 19.2. The van der Waals surface area contributed by atoms with Crippen LogP contribution in [0.1, 0.15) is 38.7 Å². The van der Waals surface area contributed by atoms with Gasteiger partial charge in [0.2, 0.25) is 5.82 Å². The van der Waals surface area contributed by atoms with Gasteiger partial charge in [0.15, 0.2) is 11.6 Å². The number of rotatable bonds is 7. The van der Waals surface area contributed by atoms with Gasteiger partial charge in [0.1, 0.15) is 0 Å². The van der Waals surface area contributed by atoms with Crippen LogP contribution in [-0.4, -0.2) is 0 Å². The van der Waals surface area contributed by atoms with Crippen LogP contribution in [0.2, 0.25) is 0 Å². The molecule has 0 aliphatic carbocycles. The number of allylic oxidation sites excluding steroid dienone is 1. The predicted octanol–water partition coefficient (Wildman–Crippen LogP) is 6.28. The maximum Gasteiger partial charge on any atom is 0.201 e. The molecule has 122 valence electrons. The van der Waals surface area contributed by atoms with E-state index in [-0.39, 0.29) is 11.3 Å². The number of benzene rings is 2. The summed E-state index contributed by atoms with van der Waals surface area (Å²) in [6, 6.07) is 10.6. The van der Waals surface area contributed by atoms with E-state index < -0.39 is 11.6 Å². The molecule has 0 aliphatic rings. The minimum absolute atomic E-state index is 0.111. The minimum atomic E-state index is -0.965. The molecule has 2 rings (SSSR count). The van der Waals surface area contributed by atoms with Gasteiger partial charge in [0, 0.05) is 5.56 Å². The third-order valence-electron chi connectivity index (χ3n) is 3.71. The van der Waals surface area contributed by atoms with Crippen molar-refractivity contribution in [2.75, 3.05) is 0 Å². The fourth-order valence-corrected chi connectivity index (χ4v) is 2.42. The number of unbranched alkanes of at least 4 members (excludes halogenated alkanes) is 2. The second kappa shape index (κ2) is 8.47. The smallest absolute Gasteiger partial charge is 0.201 e. The van der Waals surface area contributed by atoms with E-state index in [0.717, 1.165) is 12.8 Å². The zero-order valence-electron chi connectivity index (χ0n) is 13.6. The lowest BCUT2D eigenvalue weighted by Crippen LogP contribution is -1.95. The molecule has 0 aliphatic heterocycles. The van der Waals surface area contributed by atoms with Gasteiger partial charge in [-0.15, -0.1) is 0 Å². The standard InChI is InChI=1S/C20H22F2O/c1-3-5-6-7-15-8-10-16(11-9-15)17-12-13-18(23-14-4-2)20(22)19(17)21/h4,8-14H,3,5-7H2,1-2H3. The van der Waals surface area contributed by atoms with E-state index in [9.17, 15) is 8.78 Å². The Morgan fingerprint density at radius 3 is 2.35 bits per heavy atom. The Bertz CT molecular complexity index is 660. The van der Waals surface area contributed by atoms with Gasteiger partial charge in [-0.05, 0) is 43.0 Å². The van der Waals surface area contributed by atoms with Gasteiger partial charge < -0.3 is 4.74 Å². The topological polar surface area (TPSA) is 9.23 Å². The molecule has 0 unspecified atom stereocenters.